The summed E-state index contributed by atoms with van der Waals surface area (Å²) >= 11 is 0. The van der Waals surface area contributed by atoms with Gasteiger partial charge in [0, 0.05) is 61.3 Å². The van der Waals surface area contributed by atoms with Gasteiger partial charge in [-0.2, -0.15) is 13.2 Å². The van der Waals surface area contributed by atoms with Crippen molar-refractivity contribution in [3.05, 3.63) is 65.8 Å². The van der Waals surface area contributed by atoms with Gasteiger partial charge in [0.1, 0.15) is 5.82 Å². The highest BCUT2D eigenvalue weighted by Gasteiger charge is 2.31. The van der Waals surface area contributed by atoms with Crippen molar-refractivity contribution in [1.82, 2.24) is 14.9 Å². The molecule has 1 aliphatic rings. The zero-order valence-electron chi connectivity index (χ0n) is 22.7. The van der Waals surface area contributed by atoms with Crippen LogP contribution >= 0.6 is 0 Å². The molecule has 1 fully saturated rings. The van der Waals surface area contributed by atoms with Crippen molar-refractivity contribution in [3.63, 3.8) is 0 Å². The molecule has 3 rings (SSSR count). The lowest BCUT2D eigenvalue weighted by Gasteiger charge is -2.30. The minimum absolute atomic E-state index is 0.0136. The Labute approximate surface area is 241 Å². The van der Waals surface area contributed by atoms with Crippen LogP contribution < -0.4 is 5.32 Å². The fraction of sp³-hybridized carbons (Fsp3) is 0.308. The van der Waals surface area contributed by atoms with E-state index in [0.717, 1.165) is 25.2 Å². The summed E-state index contributed by atoms with van der Waals surface area (Å²) in [5, 5.41) is 34.3. The number of nitrogens with zero attached hydrogens (tertiary/aromatic N) is 3. The number of hydrogen-bond acceptors (Lipinski definition) is 9. The Hall–Kier alpha value is -4.90. The molecule has 1 aromatic carbocycles. The van der Waals surface area contributed by atoms with Gasteiger partial charge in [0.15, 0.2) is 0 Å². The molecule has 43 heavy (non-hydrogen) atoms. The summed E-state index contributed by atoms with van der Waals surface area (Å²) in [6.45, 7) is 4.52. The number of halogens is 4. The number of likely N-dealkylation sites (N-methyl/N-ethyl adjacent to an activating group) is 1. The molecular weight excluding hydrogens is 588 g/mol. The number of carbonyl (C=O) groups is 4. The smallest absolute Gasteiger partial charge is 0.416 e. The van der Waals surface area contributed by atoms with E-state index >= 15 is 0 Å². The Morgan fingerprint density at radius 2 is 1.53 bits per heavy atom. The first-order chi connectivity index (χ1) is 20.0. The topological polar surface area (TPSA) is 199 Å². The predicted molar refractivity (Wildman–Crippen MR) is 142 cm³/mol. The first-order valence-electron chi connectivity index (χ1n) is 12.0. The van der Waals surface area contributed by atoms with Crippen molar-refractivity contribution < 1.29 is 61.9 Å². The number of alkyl halides is 3. The molecule has 1 aromatic heterocycles. The number of rotatable bonds is 8. The van der Waals surface area contributed by atoms with Gasteiger partial charge in [-0.25, -0.2) is 33.5 Å². The first kappa shape index (κ1) is 36.1. The van der Waals surface area contributed by atoms with Gasteiger partial charge < -0.3 is 35.4 Å². The summed E-state index contributed by atoms with van der Waals surface area (Å²) in [6, 6.07) is 2.43. The molecule has 2 heterocycles. The third-order valence-corrected chi connectivity index (χ3v) is 5.13. The standard InChI is InChI=1S/C18H20F4N4O.2C4H4O4/c1-11-15(14-4-3-12(7-16(14)19)18(20,21)22)9-24-17(25-11)23-8-13-10-26(2)5-6-27-13;2*5-3(6)1-2-4(7)8/h3-4,7,9,13H,5-6,8,10H2,1-2H3,(H,23,24,25);2*1-2H,(H,5,6)(H,7,8)/b;2*2-1+/t13-;;/m1../s1. The fourth-order valence-electron chi connectivity index (χ4n) is 3.21. The number of aromatic nitrogens is 2. The Kier molecular flexibility index (Phi) is 14.4. The van der Waals surface area contributed by atoms with Crippen LogP contribution in [0.15, 0.2) is 48.7 Å². The molecule has 0 radical (unpaired) electrons. The Bertz CT molecular complexity index is 1280. The summed E-state index contributed by atoms with van der Waals surface area (Å²) in [6.07, 6.45) is -0.937. The summed E-state index contributed by atoms with van der Waals surface area (Å²) in [4.78, 5) is 48.8. The molecule has 0 bridgehead atoms. The number of hydrogen-bond donors (Lipinski definition) is 5. The molecule has 234 valence electrons. The van der Waals surface area contributed by atoms with Crippen LogP contribution in [0.1, 0.15) is 11.3 Å². The molecule has 1 atom stereocenters. The molecule has 17 heteroatoms. The Morgan fingerprint density at radius 3 is 1.95 bits per heavy atom. The molecule has 0 unspecified atom stereocenters. The third kappa shape index (κ3) is 14.5. The largest absolute Gasteiger partial charge is 0.478 e. The number of ether oxygens (including phenoxy) is 1. The second-order valence-electron chi connectivity index (χ2n) is 8.54. The molecule has 1 saturated heterocycles. The molecule has 2 aromatic rings. The molecule has 0 saturated carbocycles. The average molecular weight is 617 g/mol. The Balaban J connectivity index is 0.000000476. The van der Waals surface area contributed by atoms with Crippen LogP contribution in [0.3, 0.4) is 0 Å². The van der Waals surface area contributed by atoms with Gasteiger partial charge in [-0.05, 0) is 26.1 Å². The van der Waals surface area contributed by atoms with E-state index in [2.05, 4.69) is 20.2 Å². The second kappa shape index (κ2) is 17.1. The van der Waals surface area contributed by atoms with E-state index in [9.17, 15) is 36.7 Å². The van der Waals surface area contributed by atoms with Gasteiger partial charge in [-0.3, -0.25) is 0 Å². The van der Waals surface area contributed by atoms with E-state index in [0.29, 0.717) is 60.7 Å². The molecule has 5 N–H and O–H groups in total. The van der Waals surface area contributed by atoms with Gasteiger partial charge in [0.2, 0.25) is 5.95 Å². The van der Waals surface area contributed by atoms with Crippen LogP contribution in [0.4, 0.5) is 23.5 Å². The fourth-order valence-corrected chi connectivity index (χ4v) is 3.21. The van der Waals surface area contributed by atoms with Crippen molar-refractivity contribution in [2.75, 3.05) is 38.6 Å². The van der Waals surface area contributed by atoms with E-state index in [4.69, 9.17) is 25.2 Å². The highest BCUT2D eigenvalue weighted by atomic mass is 19.4. The second-order valence-corrected chi connectivity index (χ2v) is 8.54. The van der Waals surface area contributed by atoms with E-state index in [1.54, 1.807) is 6.92 Å². The van der Waals surface area contributed by atoms with Gasteiger partial charge in [0.25, 0.3) is 0 Å². The van der Waals surface area contributed by atoms with E-state index in [1.165, 1.54) is 6.20 Å². The average Bonchev–Trinajstić information content (AvgIpc) is 2.90. The molecule has 0 amide bonds. The highest BCUT2D eigenvalue weighted by molar-refractivity contribution is 5.90. The predicted octanol–water partition coefficient (Wildman–Crippen LogP) is 2.78. The molecular formula is C26H28F4N4O9. The normalized spacial score (nSPS) is 15.2. The van der Waals surface area contributed by atoms with E-state index in [-0.39, 0.29) is 11.7 Å². The van der Waals surface area contributed by atoms with E-state index in [1.807, 2.05) is 7.05 Å². The molecule has 0 spiro atoms. The van der Waals surface area contributed by atoms with Crippen molar-refractivity contribution >= 4 is 29.8 Å². The van der Waals surface area contributed by atoms with Crippen LogP contribution in [0.5, 0.6) is 0 Å². The summed E-state index contributed by atoms with van der Waals surface area (Å²) in [7, 11) is 2.02. The summed E-state index contributed by atoms with van der Waals surface area (Å²) in [5.74, 6) is -5.63. The monoisotopic (exact) mass is 616 g/mol. The van der Waals surface area contributed by atoms with Gasteiger partial charge >= 0.3 is 30.1 Å². The lowest BCUT2D eigenvalue weighted by molar-refractivity contribution is -0.138. The van der Waals surface area contributed by atoms with E-state index < -0.39 is 41.4 Å². The Morgan fingerprint density at radius 1 is 1.00 bits per heavy atom. The lowest BCUT2D eigenvalue weighted by Crippen LogP contribution is -2.43. The number of carboxylic acids is 4. The molecule has 1 aliphatic heterocycles. The number of carboxylic acid groups (broad SMARTS) is 4. The number of anilines is 1. The zero-order chi connectivity index (χ0) is 32.7. The van der Waals surface area contributed by atoms with Gasteiger partial charge in [0.05, 0.1) is 24.0 Å². The van der Waals surface area contributed by atoms with Crippen LogP contribution in [-0.4, -0.2) is 98.6 Å². The molecule has 0 aliphatic carbocycles. The van der Waals surface area contributed by atoms with Crippen molar-refractivity contribution in [1.29, 1.82) is 0 Å². The number of aryl methyl sites for hydroxylation is 1. The van der Waals surface area contributed by atoms with Crippen LogP contribution in [0.2, 0.25) is 0 Å². The third-order valence-electron chi connectivity index (χ3n) is 5.13. The summed E-state index contributed by atoms with van der Waals surface area (Å²) in [5.41, 5.74) is -0.185. The quantitative estimate of drug-likeness (QED) is 0.214. The lowest BCUT2D eigenvalue weighted by atomic mass is 10.0. The van der Waals surface area contributed by atoms with Crippen molar-refractivity contribution in [2.24, 2.45) is 0 Å². The number of aliphatic carboxylic acids is 4. The maximum atomic E-state index is 14.2. The van der Waals surface area contributed by atoms with Crippen LogP contribution in [0, 0.1) is 12.7 Å². The number of benzene rings is 1. The summed E-state index contributed by atoms with van der Waals surface area (Å²) < 4.78 is 57.9. The SMILES string of the molecule is Cc1nc(NC[C@@H]2CN(C)CCO2)ncc1-c1ccc(C(F)(F)F)cc1F.O=C(O)/C=C/C(=O)O.O=C(O)/C=C/C(=O)O. The maximum absolute atomic E-state index is 14.2. The first-order valence-corrected chi connectivity index (χ1v) is 12.0. The number of nitrogens with one attached hydrogen (secondary N) is 1. The zero-order valence-corrected chi connectivity index (χ0v) is 22.7. The highest BCUT2D eigenvalue weighted by Crippen LogP contribution is 2.33. The van der Waals surface area contributed by atoms with Gasteiger partial charge in [-0.1, -0.05) is 6.07 Å². The van der Waals surface area contributed by atoms with Crippen molar-refractivity contribution in [2.45, 2.75) is 19.2 Å². The maximum Gasteiger partial charge on any atom is 0.416 e. The minimum atomic E-state index is -4.59. The van der Waals surface area contributed by atoms with Gasteiger partial charge in [-0.15, -0.1) is 0 Å². The number of morpholine rings is 1. The van der Waals surface area contributed by atoms with Crippen molar-refractivity contribution in [3.8, 4) is 11.1 Å². The molecule has 13 nitrogen and oxygen atoms in total. The minimum Gasteiger partial charge on any atom is -0.478 e. The van der Waals surface area contributed by atoms with Crippen LogP contribution in [-0.2, 0) is 30.1 Å². The van der Waals surface area contributed by atoms with Crippen LogP contribution in [0.25, 0.3) is 11.1 Å².